The Kier molecular flexibility index (Phi) is 2.67. The molecule has 0 bridgehead atoms. The number of carbonyl (C=O) groups is 1. The molecule has 0 unspecified atom stereocenters. The molecular weight excluding hydrogens is 216 g/mol. The Morgan fingerprint density at radius 2 is 2.06 bits per heavy atom. The first-order valence-electron chi connectivity index (χ1n) is 5.40. The van der Waals surface area contributed by atoms with E-state index in [1.807, 2.05) is 26.0 Å². The molecule has 17 heavy (non-hydrogen) atoms. The normalized spacial score (nSPS) is 10.7. The summed E-state index contributed by atoms with van der Waals surface area (Å²) < 4.78 is 0. The van der Waals surface area contributed by atoms with Crippen LogP contribution in [0.1, 0.15) is 28.5 Å². The van der Waals surface area contributed by atoms with Crippen LogP contribution >= 0.6 is 0 Å². The quantitative estimate of drug-likeness (QED) is 0.809. The van der Waals surface area contributed by atoms with Crippen LogP contribution in [0.3, 0.4) is 0 Å². The number of benzene rings is 1. The number of amides is 1. The van der Waals surface area contributed by atoms with Gasteiger partial charge in [-0.1, -0.05) is 13.0 Å². The molecule has 5 nitrogen and oxygen atoms in total. The van der Waals surface area contributed by atoms with Gasteiger partial charge in [-0.15, -0.1) is 0 Å². The highest BCUT2D eigenvalue weighted by Gasteiger charge is 2.15. The minimum atomic E-state index is -0.462. The summed E-state index contributed by atoms with van der Waals surface area (Å²) in [6.07, 6.45) is 0.674. The maximum atomic E-state index is 11.5. The van der Waals surface area contributed by atoms with Gasteiger partial charge in [0.1, 0.15) is 0 Å². The molecule has 0 saturated heterocycles. The van der Waals surface area contributed by atoms with Crippen molar-refractivity contribution in [2.75, 3.05) is 5.73 Å². The maximum absolute atomic E-state index is 11.5. The SMILES string of the molecule is CCc1nc(N)nc2ccc(C)c(C(N)=O)c12. The first-order chi connectivity index (χ1) is 8.04. The van der Waals surface area contributed by atoms with Crippen LogP contribution in [0.2, 0.25) is 0 Å². The molecule has 1 aromatic carbocycles. The van der Waals surface area contributed by atoms with Crippen molar-refractivity contribution in [1.29, 1.82) is 0 Å². The largest absolute Gasteiger partial charge is 0.368 e. The van der Waals surface area contributed by atoms with Crippen molar-refractivity contribution in [3.63, 3.8) is 0 Å². The molecule has 1 heterocycles. The molecule has 0 saturated carbocycles. The van der Waals surface area contributed by atoms with Gasteiger partial charge in [-0.2, -0.15) is 0 Å². The van der Waals surface area contributed by atoms with E-state index in [1.165, 1.54) is 0 Å². The number of rotatable bonds is 2. The number of aromatic nitrogens is 2. The number of nitrogens with two attached hydrogens (primary N) is 2. The predicted octanol–water partition coefficient (Wildman–Crippen LogP) is 1.18. The Labute approximate surface area is 98.9 Å². The van der Waals surface area contributed by atoms with Gasteiger partial charge in [0.25, 0.3) is 0 Å². The molecule has 88 valence electrons. The number of nitrogen functional groups attached to an aromatic ring is 1. The highest BCUT2D eigenvalue weighted by molar-refractivity contribution is 6.07. The van der Waals surface area contributed by atoms with Crippen LogP contribution in [-0.2, 0) is 6.42 Å². The van der Waals surface area contributed by atoms with Crippen molar-refractivity contribution in [3.05, 3.63) is 29.0 Å². The number of fused-ring (bicyclic) bond motifs is 1. The summed E-state index contributed by atoms with van der Waals surface area (Å²) in [5.41, 5.74) is 13.8. The molecule has 2 rings (SSSR count). The number of nitrogens with zero attached hydrogens (tertiary/aromatic N) is 2. The summed E-state index contributed by atoms with van der Waals surface area (Å²) in [4.78, 5) is 19.8. The molecule has 1 amide bonds. The van der Waals surface area contributed by atoms with Crippen LogP contribution < -0.4 is 11.5 Å². The van der Waals surface area contributed by atoms with Crippen LogP contribution in [0, 0.1) is 6.92 Å². The second-order valence-electron chi connectivity index (χ2n) is 3.90. The van der Waals surface area contributed by atoms with Crippen molar-refractivity contribution >= 4 is 22.8 Å². The average Bonchev–Trinajstić information content (AvgIpc) is 2.27. The van der Waals surface area contributed by atoms with Crippen LogP contribution in [0.5, 0.6) is 0 Å². The topological polar surface area (TPSA) is 94.9 Å². The number of carbonyl (C=O) groups excluding carboxylic acids is 1. The van der Waals surface area contributed by atoms with Crippen molar-refractivity contribution < 1.29 is 4.79 Å². The summed E-state index contributed by atoms with van der Waals surface area (Å²) >= 11 is 0. The zero-order valence-corrected chi connectivity index (χ0v) is 9.82. The molecule has 0 fully saturated rings. The molecule has 4 N–H and O–H groups in total. The molecule has 0 atom stereocenters. The lowest BCUT2D eigenvalue weighted by Crippen LogP contribution is -2.15. The highest BCUT2D eigenvalue weighted by Crippen LogP contribution is 2.24. The van der Waals surface area contributed by atoms with E-state index in [4.69, 9.17) is 11.5 Å². The standard InChI is InChI=1S/C12H14N4O/c1-3-7-10-8(16-12(14)15-7)5-4-6(2)9(10)11(13)17/h4-5H,3H2,1-2H3,(H2,13,17)(H2,14,15,16). The van der Waals surface area contributed by atoms with Gasteiger partial charge in [0.15, 0.2) is 0 Å². The Morgan fingerprint density at radius 3 is 2.65 bits per heavy atom. The fraction of sp³-hybridized carbons (Fsp3) is 0.250. The van der Waals surface area contributed by atoms with Crippen LogP contribution in [0.15, 0.2) is 12.1 Å². The Bertz CT molecular complexity index is 607. The molecule has 0 aliphatic rings. The minimum absolute atomic E-state index is 0.216. The summed E-state index contributed by atoms with van der Waals surface area (Å²) in [5, 5.41) is 0.717. The number of primary amides is 1. The first kappa shape index (κ1) is 11.3. The molecule has 0 radical (unpaired) electrons. The fourth-order valence-electron chi connectivity index (χ4n) is 2.00. The summed E-state index contributed by atoms with van der Waals surface area (Å²) in [6.45, 7) is 3.80. The van der Waals surface area contributed by atoms with E-state index in [0.29, 0.717) is 22.9 Å². The fourth-order valence-corrected chi connectivity index (χ4v) is 2.00. The molecule has 1 aromatic heterocycles. The second kappa shape index (κ2) is 4.01. The molecule has 5 heteroatoms. The zero-order chi connectivity index (χ0) is 12.6. The lowest BCUT2D eigenvalue weighted by Gasteiger charge is -2.10. The average molecular weight is 230 g/mol. The lowest BCUT2D eigenvalue weighted by molar-refractivity contribution is 0.100. The summed E-state index contributed by atoms with van der Waals surface area (Å²) in [7, 11) is 0. The van der Waals surface area contributed by atoms with E-state index in [-0.39, 0.29) is 5.95 Å². The van der Waals surface area contributed by atoms with E-state index in [1.54, 1.807) is 0 Å². The highest BCUT2D eigenvalue weighted by atomic mass is 16.1. The van der Waals surface area contributed by atoms with Gasteiger partial charge >= 0.3 is 0 Å². The number of anilines is 1. The summed E-state index contributed by atoms with van der Waals surface area (Å²) in [6, 6.07) is 3.64. The third-order valence-corrected chi connectivity index (χ3v) is 2.75. The van der Waals surface area contributed by atoms with Gasteiger partial charge in [0.2, 0.25) is 11.9 Å². The van der Waals surface area contributed by atoms with E-state index in [2.05, 4.69) is 9.97 Å². The van der Waals surface area contributed by atoms with Crippen LogP contribution in [0.25, 0.3) is 10.9 Å². The van der Waals surface area contributed by atoms with E-state index in [0.717, 1.165) is 11.3 Å². The first-order valence-corrected chi connectivity index (χ1v) is 5.40. The Balaban J connectivity index is 2.96. The van der Waals surface area contributed by atoms with Crippen molar-refractivity contribution in [1.82, 2.24) is 9.97 Å². The zero-order valence-electron chi connectivity index (χ0n) is 9.82. The van der Waals surface area contributed by atoms with Gasteiger partial charge in [-0.25, -0.2) is 9.97 Å². The molecule has 0 aliphatic carbocycles. The number of hydrogen-bond acceptors (Lipinski definition) is 4. The smallest absolute Gasteiger partial charge is 0.249 e. The van der Waals surface area contributed by atoms with E-state index < -0.39 is 5.91 Å². The van der Waals surface area contributed by atoms with E-state index >= 15 is 0 Å². The molecule has 2 aromatic rings. The third-order valence-electron chi connectivity index (χ3n) is 2.75. The van der Waals surface area contributed by atoms with Crippen LogP contribution in [-0.4, -0.2) is 15.9 Å². The second-order valence-corrected chi connectivity index (χ2v) is 3.90. The monoisotopic (exact) mass is 230 g/mol. The minimum Gasteiger partial charge on any atom is -0.368 e. The van der Waals surface area contributed by atoms with Gasteiger partial charge in [0.05, 0.1) is 16.8 Å². The van der Waals surface area contributed by atoms with Crippen LogP contribution in [0.4, 0.5) is 5.95 Å². The molecular formula is C12H14N4O. The third kappa shape index (κ3) is 1.80. The summed E-state index contributed by atoms with van der Waals surface area (Å²) in [5.74, 6) is -0.246. The van der Waals surface area contributed by atoms with Gasteiger partial charge in [-0.3, -0.25) is 4.79 Å². The molecule has 0 aliphatic heterocycles. The predicted molar refractivity (Wildman–Crippen MR) is 66.6 cm³/mol. The van der Waals surface area contributed by atoms with E-state index in [9.17, 15) is 4.79 Å². The Morgan fingerprint density at radius 1 is 1.35 bits per heavy atom. The van der Waals surface area contributed by atoms with Crippen molar-refractivity contribution in [3.8, 4) is 0 Å². The maximum Gasteiger partial charge on any atom is 0.249 e. The van der Waals surface area contributed by atoms with Crippen molar-refractivity contribution in [2.45, 2.75) is 20.3 Å². The molecule has 0 spiro atoms. The van der Waals surface area contributed by atoms with Crippen molar-refractivity contribution in [2.24, 2.45) is 5.73 Å². The number of aryl methyl sites for hydroxylation is 2. The van der Waals surface area contributed by atoms with Gasteiger partial charge < -0.3 is 11.5 Å². The number of hydrogen-bond donors (Lipinski definition) is 2. The Hall–Kier alpha value is -2.17. The van der Waals surface area contributed by atoms with Gasteiger partial charge in [-0.05, 0) is 25.0 Å². The lowest BCUT2D eigenvalue weighted by atomic mass is 10.00. The van der Waals surface area contributed by atoms with Gasteiger partial charge in [0, 0.05) is 5.39 Å².